The normalized spacial score (nSPS) is 11.3. The standard InChI is InChI=1S/C6H8N5O3P/c7-15(12,13-5-8-1-2-9-5)14-6-10-3-4-11-6/h1-4H,(H2,7,12)(H,8,9)(H,10,11). The van der Waals surface area contributed by atoms with Crippen molar-refractivity contribution in [1.82, 2.24) is 19.9 Å². The van der Waals surface area contributed by atoms with Crippen LogP contribution in [0.25, 0.3) is 0 Å². The Balaban J connectivity index is 2.04. The zero-order valence-corrected chi connectivity index (χ0v) is 8.35. The van der Waals surface area contributed by atoms with Gasteiger partial charge in [0.05, 0.1) is 0 Å². The molecule has 0 aliphatic carbocycles. The summed E-state index contributed by atoms with van der Waals surface area (Å²) in [4.78, 5) is 12.5. The van der Waals surface area contributed by atoms with E-state index in [1.807, 2.05) is 0 Å². The summed E-state index contributed by atoms with van der Waals surface area (Å²) in [5, 5.41) is 0. The Hall–Kier alpha value is -1.79. The molecule has 0 saturated carbocycles. The van der Waals surface area contributed by atoms with Crippen molar-refractivity contribution in [2.24, 2.45) is 5.50 Å². The molecule has 2 heterocycles. The number of nitrogens with one attached hydrogen (secondary N) is 2. The van der Waals surface area contributed by atoms with Gasteiger partial charge in [-0.05, 0) is 0 Å². The van der Waals surface area contributed by atoms with E-state index in [-0.39, 0.29) is 12.0 Å². The molecule has 0 atom stereocenters. The van der Waals surface area contributed by atoms with Crippen LogP contribution < -0.4 is 14.6 Å². The molecule has 0 aromatic carbocycles. The van der Waals surface area contributed by atoms with E-state index in [0.29, 0.717) is 0 Å². The Morgan fingerprint density at radius 1 is 1.13 bits per heavy atom. The lowest BCUT2D eigenvalue weighted by Crippen LogP contribution is -2.10. The smallest absolute Gasteiger partial charge is 0.370 e. The molecule has 0 aliphatic heterocycles. The van der Waals surface area contributed by atoms with Gasteiger partial charge in [0.25, 0.3) is 0 Å². The van der Waals surface area contributed by atoms with E-state index in [4.69, 9.17) is 14.6 Å². The molecule has 0 fully saturated rings. The molecule has 2 aromatic rings. The second-order valence-electron chi connectivity index (χ2n) is 2.51. The number of nitrogens with two attached hydrogens (primary N) is 1. The fraction of sp³-hybridized carbons (Fsp3) is 0. The lowest BCUT2D eigenvalue weighted by molar-refractivity contribution is 0.366. The molecule has 9 heteroatoms. The topological polar surface area (TPSA) is 119 Å². The van der Waals surface area contributed by atoms with Crippen LogP contribution in [-0.4, -0.2) is 19.9 Å². The highest BCUT2D eigenvalue weighted by atomic mass is 31.2. The van der Waals surface area contributed by atoms with Crippen molar-refractivity contribution in [3.63, 3.8) is 0 Å². The summed E-state index contributed by atoms with van der Waals surface area (Å²) in [6.07, 6.45) is 5.87. The predicted octanol–water partition coefficient (Wildman–Crippen LogP) is 0.657. The predicted molar refractivity (Wildman–Crippen MR) is 50.2 cm³/mol. The molecule has 0 spiro atoms. The maximum atomic E-state index is 11.6. The number of rotatable bonds is 4. The first-order valence-electron chi connectivity index (χ1n) is 3.92. The first kappa shape index (κ1) is 9.75. The minimum absolute atomic E-state index is 0.0207. The van der Waals surface area contributed by atoms with Gasteiger partial charge in [-0.3, -0.25) is 0 Å². The summed E-state index contributed by atoms with van der Waals surface area (Å²) in [5.41, 5.74) is 5.29. The third-order valence-corrected chi connectivity index (χ3v) is 2.23. The van der Waals surface area contributed by atoms with Gasteiger partial charge in [-0.15, -0.1) is 0 Å². The molecule has 0 saturated heterocycles. The van der Waals surface area contributed by atoms with Crippen LogP contribution >= 0.6 is 7.75 Å². The minimum atomic E-state index is -3.76. The number of H-pyrrole nitrogens is 2. The molecule has 2 aromatic heterocycles. The fourth-order valence-electron chi connectivity index (χ4n) is 0.861. The molecule has 4 N–H and O–H groups in total. The van der Waals surface area contributed by atoms with Gasteiger partial charge in [0.1, 0.15) is 0 Å². The summed E-state index contributed by atoms with van der Waals surface area (Å²) in [5.74, 6) is 0. The summed E-state index contributed by atoms with van der Waals surface area (Å²) >= 11 is 0. The van der Waals surface area contributed by atoms with Gasteiger partial charge >= 0.3 is 19.8 Å². The van der Waals surface area contributed by atoms with Crippen LogP contribution in [0.1, 0.15) is 0 Å². The molecular weight excluding hydrogens is 221 g/mol. The van der Waals surface area contributed by atoms with E-state index >= 15 is 0 Å². The zero-order valence-electron chi connectivity index (χ0n) is 7.45. The van der Waals surface area contributed by atoms with Crippen LogP contribution in [0.15, 0.2) is 24.8 Å². The molecule has 2 rings (SSSR count). The Kier molecular flexibility index (Phi) is 2.44. The maximum Gasteiger partial charge on any atom is 0.514 e. The molecule has 0 aliphatic rings. The first-order chi connectivity index (χ1) is 7.16. The lowest BCUT2D eigenvalue weighted by atomic mass is 11.0. The van der Waals surface area contributed by atoms with Crippen LogP contribution in [0.2, 0.25) is 0 Å². The molecular formula is C6H8N5O3P. The molecule has 0 amide bonds. The number of hydrogen-bond acceptors (Lipinski definition) is 5. The van der Waals surface area contributed by atoms with Gasteiger partial charge in [0.2, 0.25) is 0 Å². The number of imidazole rings is 2. The van der Waals surface area contributed by atoms with Gasteiger partial charge in [-0.2, -0.15) is 0 Å². The third-order valence-electron chi connectivity index (χ3n) is 1.37. The van der Waals surface area contributed by atoms with Crippen LogP contribution in [0.3, 0.4) is 0 Å². The van der Waals surface area contributed by atoms with Crippen LogP contribution in [0.5, 0.6) is 12.0 Å². The highest BCUT2D eigenvalue weighted by Crippen LogP contribution is 2.38. The zero-order chi connectivity index (χ0) is 10.7. The monoisotopic (exact) mass is 229 g/mol. The highest BCUT2D eigenvalue weighted by Gasteiger charge is 2.24. The Labute approximate surface area is 84.4 Å². The first-order valence-corrected chi connectivity index (χ1v) is 5.53. The van der Waals surface area contributed by atoms with Crippen molar-refractivity contribution in [3.05, 3.63) is 24.8 Å². The summed E-state index contributed by atoms with van der Waals surface area (Å²) < 4.78 is 21.2. The summed E-state index contributed by atoms with van der Waals surface area (Å²) in [7, 11) is -3.76. The van der Waals surface area contributed by atoms with Crippen molar-refractivity contribution in [2.75, 3.05) is 0 Å². The van der Waals surface area contributed by atoms with Crippen molar-refractivity contribution >= 4 is 7.75 Å². The van der Waals surface area contributed by atoms with Crippen LogP contribution in [-0.2, 0) is 4.57 Å². The van der Waals surface area contributed by atoms with E-state index in [2.05, 4.69) is 19.9 Å². The van der Waals surface area contributed by atoms with Crippen molar-refractivity contribution in [3.8, 4) is 12.0 Å². The second-order valence-corrected chi connectivity index (χ2v) is 3.96. The van der Waals surface area contributed by atoms with Gasteiger partial charge in [-0.1, -0.05) is 0 Å². The molecule has 0 unspecified atom stereocenters. The Morgan fingerprint density at radius 3 is 1.93 bits per heavy atom. The second kappa shape index (κ2) is 3.76. The summed E-state index contributed by atoms with van der Waals surface area (Å²) in [6.45, 7) is 0. The Morgan fingerprint density at radius 2 is 1.60 bits per heavy atom. The summed E-state index contributed by atoms with van der Waals surface area (Å²) in [6, 6.07) is 0.0415. The number of aromatic nitrogens is 4. The van der Waals surface area contributed by atoms with Gasteiger partial charge < -0.3 is 19.0 Å². The molecule has 80 valence electrons. The minimum Gasteiger partial charge on any atom is -0.370 e. The van der Waals surface area contributed by atoms with Crippen molar-refractivity contribution < 1.29 is 13.6 Å². The molecule has 15 heavy (non-hydrogen) atoms. The fourth-order valence-corrected chi connectivity index (χ4v) is 1.58. The van der Waals surface area contributed by atoms with Gasteiger partial charge in [0.15, 0.2) is 0 Å². The maximum absolute atomic E-state index is 11.6. The van der Waals surface area contributed by atoms with Crippen LogP contribution in [0.4, 0.5) is 0 Å². The van der Waals surface area contributed by atoms with Crippen molar-refractivity contribution in [2.45, 2.75) is 0 Å². The number of nitrogens with zero attached hydrogens (tertiary/aromatic N) is 2. The average molecular weight is 229 g/mol. The third kappa shape index (κ3) is 2.58. The largest absolute Gasteiger partial charge is 0.514 e. The van der Waals surface area contributed by atoms with Crippen molar-refractivity contribution in [1.29, 1.82) is 0 Å². The molecule has 0 bridgehead atoms. The van der Waals surface area contributed by atoms with E-state index in [1.165, 1.54) is 24.8 Å². The van der Waals surface area contributed by atoms with E-state index in [9.17, 15) is 4.57 Å². The Bertz CT molecular complexity index is 413. The van der Waals surface area contributed by atoms with E-state index in [0.717, 1.165) is 0 Å². The highest BCUT2D eigenvalue weighted by molar-refractivity contribution is 7.52. The number of aromatic amines is 2. The SMILES string of the molecule is NP(=O)(Oc1ncc[nH]1)Oc1ncc[nH]1. The van der Waals surface area contributed by atoms with E-state index < -0.39 is 7.75 Å². The molecule has 8 nitrogen and oxygen atoms in total. The molecule has 0 radical (unpaired) electrons. The number of hydrogen-bond donors (Lipinski definition) is 3. The van der Waals surface area contributed by atoms with E-state index in [1.54, 1.807) is 0 Å². The quantitative estimate of drug-likeness (QED) is 0.662. The lowest BCUT2D eigenvalue weighted by Gasteiger charge is -2.10. The average Bonchev–Trinajstić information content (AvgIpc) is 2.75. The van der Waals surface area contributed by atoms with Crippen LogP contribution in [0, 0.1) is 0 Å². The van der Waals surface area contributed by atoms with Gasteiger partial charge in [0, 0.05) is 24.8 Å². The van der Waals surface area contributed by atoms with Gasteiger partial charge in [-0.25, -0.2) is 20.0 Å².